The summed E-state index contributed by atoms with van der Waals surface area (Å²) in [6.07, 6.45) is -12.0. The minimum absolute atomic E-state index is 0.355. The van der Waals surface area contributed by atoms with Crippen molar-refractivity contribution in [1.29, 1.82) is 0 Å². The highest BCUT2D eigenvalue weighted by molar-refractivity contribution is 8.79. The van der Waals surface area contributed by atoms with Crippen LogP contribution < -0.4 is 0 Å². The van der Waals surface area contributed by atoms with Crippen LogP contribution in [-0.2, 0) is 5.60 Å². The molecule has 0 aliphatic rings. The summed E-state index contributed by atoms with van der Waals surface area (Å²) in [4.78, 5) is -0.355. The van der Waals surface area contributed by atoms with Crippen molar-refractivity contribution in [3.8, 4) is 0 Å². The number of hydrogen-bond donors (Lipinski definition) is 1. The largest absolute Gasteiger partial charge is 0.430 e. The van der Waals surface area contributed by atoms with Crippen LogP contribution in [0.2, 0.25) is 0 Å². The van der Waals surface area contributed by atoms with Gasteiger partial charge in [-0.3, -0.25) is 0 Å². The van der Waals surface area contributed by atoms with Gasteiger partial charge in [-0.1, -0.05) is 12.1 Å². The van der Waals surface area contributed by atoms with Gasteiger partial charge in [-0.15, -0.1) is 0 Å². The molecule has 116 valence electrons. The normalized spacial score (nSPS) is 15.3. The molecule has 0 heterocycles. The van der Waals surface area contributed by atoms with E-state index in [0.29, 0.717) is 12.1 Å². The van der Waals surface area contributed by atoms with Crippen LogP contribution in [0.4, 0.5) is 26.3 Å². The first-order valence-electron chi connectivity index (χ1n) is 4.60. The van der Waals surface area contributed by atoms with Crippen LogP contribution >= 0.6 is 39.7 Å². The zero-order valence-corrected chi connectivity index (χ0v) is 12.2. The lowest BCUT2D eigenvalue weighted by atomic mass is 9.92. The lowest BCUT2D eigenvalue weighted by Crippen LogP contribution is -2.53. The number of halogens is 9. The Morgan fingerprint density at radius 3 is 1.70 bits per heavy atom. The summed E-state index contributed by atoms with van der Waals surface area (Å²) in [6, 6.07) is 2.73. The Kier molecular flexibility index (Phi) is 4.79. The van der Waals surface area contributed by atoms with Crippen molar-refractivity contribution in [1.82, 2.24) is 0 Å². The molecule has 1 rings (SSSR count). The van der Waals surface area contributed by atoms with E-state index in [4.69, 9.17) is 32.0 Å². The average Bonchev–Trinajstić information content (AvgIpc) is 2.24. The van der Waals surface area contributed by atoms with E-state index in [1.165, 1.54) is 0 Å². The van der Waals surface area contributed by atoms with Crippen LogP contribution in [0.3, 0.4) is 0 Å². The fourth-order valence-electron chi connectivity index (χ4n) is 1.35. The van der Waals surface area contributed by atoms with Gasteiger partial charge in [0.25, 0.3) is 5.60 Å². The zero-order chi connectivity index (χ0) is 16.0. The molecule has 0 aliphatic carbocycles. The van der Waals surface area contributed by atoms with Crippen LogP contribution in [0.25, 0.3) is 0 Å². The first kappa shape index (κ1) is 18.0. The molecule has 1 N–H and O–H groups in total. The Labute approximate surface area is 124 Å². The second kappa shape index (κ2) is 5.31. The summed E-state index contributed by atoms with van der Waals surface area (Å²) in [6.45, 7) is 0. The molecule has 0 bridgehead atoms. The van der Waals surface area contributed by atoms with E-state index in [0.717, 1.165) is 12.1 Å². The lowest BCUT2D eigenvalue weighted by molar-refractivity contribution is -0.376. The topological polar surface area (TPSA) is 20.2 Å². The predicted molar refractivity (Wildman–Crippen MR) is 65.9 cm³/mol. The van der Waals surface area contributed by atoms with Gasteiger partial charge < -0.3 is 5.11 Å². The Bertz CT molecular complexity index is 482. The summed E-state index contributed by atoms with van der Waals surface area (Å²) < 4.78 is 75.9. The zero-order valence-electron chi connectivity index (χ0n) is 9.07. The molecule has 0 atom stereocenters. The highest BCUT2D eigenvalue weighted by atomic mass is 36.2. The third-order valence-electron chi connectivity index (χ3n) is 2.34. The molecule has 20 heavy (non-hydrogen) atoms. The molecular weight excluding hydrogens is 377 g/mol. The van der Waals surface area contributed by atoms with Gasteiger partial charge in [-0.2, -0.15) is 26.3 Å². The van der Waals surface area contributed by atoms with Crippen molar-refractivity contribution < 1.29 is 31.4 Å². The van der Waals surface area contributed by atoms with Gasteiger partial charge in [-0.05, 0) is 44.2 Å². The molecule has 0 aliphatic heterocycles. The Morgan fingerprint density at radius 2 is 1.35 bits per heavy atom. The van der Waals surface area contributed by atoms with Crippen molar-refractivity contribution in [2.45, 2.75) is 22.8 Å². The van der Waals surface area contributed by atoms with Crippen LogP contribution in [0.15, 0.2) is 29.2 Å². The van der Waals surface area contributed by atoms with E-state index in [-0.39, 0.29) is 4.90 Å². The van der Waals surface area contributed by atoms with E-state index in [1.807, 2.05) is 0 Å². The van der Waals surface area contributed by atoms with Gasteiger partial charge >= 0.3 is 12.4 Å². The summed E-state index contributed by atoms with van der Waals surface area (Å²) in [7, 11) is 13.3. The monoisotopic (exact) mass is 380 g/mol. The summed E-state index contributed by atoms with van der Waals surface area (Å²) in [5.74, 6) is 0. The van der Waals surface area contributed by atoms with E-state index < -0.39 is 31.2 Å². The molecule has 0 saturated carbocycles. The van der Waals surface area contributed by atoms with Crippen LogP contribution in [0, 0.1) is 0 Å². The number of aliphatic hydroxyl groups is 1. The molecule has 0 amide bonds. The molecule has 0 spiro atoms. The Balaban J connectivity index is 3.53. The minimum Gasteiger partial charge on any atom is -0.369 e. The maximum atomic E-state index is 12.7. The van der Waals surface area contributed by atoms with Crippen molar-refractivity contribution >= 4 is 39.7 Å². The van der Waals surface area contributed by atoms with E-state index in [1.54, 1.807) is 0 Å². The number of hydrogen-bond acceptors (Lipinski definition) is 1. The van der Waals surface area contributed by atoms with Crippen molar-refractivity contribution in [3.05, 3.63) is 29.8 Å². The van der Waals surface area contributed by atoms with E-state index in [2.05, 4.69) is 0 Å². The molecule has 0 radical (unpaired) electrons. The third-order valence-corrected chi connectivity index (χ3v) is 4.73. The second-order valence-corrected chi connectivity index (χ2v) is 10.5. The van der Waals surface area contributed by atoms with Crippen LogP contribution in [-0.4, -0.2) is 17.5 Å². The maximum Gasteiger partial charge on any atom is 0.430 e. The van der Waals surface area contributed by atoms with Crippen LogP contribution in [0.5, 0.6) is 0 Å². The molecule has 1 aromatic carbocycles. The first-order chi connectivity index (χ1) is 8.71. The third kappa shape index (κ3) is 3.24. The standard InChI is InChI=1S/C9H5Cl3F6OS/c10-20(11,12)6-3-1-2-5(4-6)7(19,8(13,14)15)9(16,17)18/h1-4,19H. The van der Waals surface area contributed by atoms with E-state index in [9.17, 15) is 31.4 Å². The summed E-state index contributed by atoms with van der Waals surface area (Å²) in [5, 5.41) is 9.18. The van der Waals surface area contributed by atoms with Gasteiger partial charge in [0.05, 0.1) is 0 Å². The smallest absolute Gasteiger partial charge is 0.369 e. The number of rotatable bonds is 2. The molecule has 1 nitrogen and oxygen atoms in total. The quantitative estimate of drug-likeness (QED) is 0.659. The fraction of sp³-hybridized carbons (Fsp3) is 0.333. The lowest BCUT2D eigenvalue weighted by Gasteiger charge is -2.33. The number of benzene rings is 1. The van der Waals surface area contributed by atoms with Crippen LogP contribution in [0.1, 0.15) is 5.56 Å². The maximum absolute atomic E-state index is 12.7. The fourth-order valence-corrected chi connectivity index (χ4v) is 2.71. The summed E-state index contributed by atoms with van der Waals surface area (Å²) >= 11 is 0. The molecule has 0 fully saturated rings. The Morgan fingerprint density at radius 1 is 0.900 bits per heavy atom. The van der Waals surface area contributed by atoms with Crippen molar-refractivity contribution in [2.24, 2.45) is 0 Å². The van der Waals surface area contributed by atoms with Gasteiger partial charge in [0.2, 0.25) is 0 Å². The minimum atomic E-state index is -5.98. The van der Waals surface area contributed by atoms with E-state index >= 15 is 0 Å². The first-order valence-corrected chi connectivity index (χ1v) is 8.71. The molecular formula is C9H5Cl3F6OS. The molecule has 0 aromatic heterocycles. The van der Waals surface area contributed by atoms with Crippen molar-refractivity contribution in [2.75, 3.05) is 0 Å². The SMILES string of the molecule is OC(c1cccc(S(Cl)(Cl)Cl)c1)(C(F)(F)F)C(F)(F)F. The molecule has 1 aromatic rings. The highest BCUT2D eigenvalue weighted by Gasteiger charge is 2.71. The van der Waals surface area contributed by atoms with Crippen molar-refractivity contribution in [3.63, 3.8) is 0 Å². The highest BCUT2D eigenvalue weighted by Crippen LogP contribution is 2.69. The van der Waals surface area contributed by atoms with Gasteiger partial charge in [0.15, 0.2) is 0 Å². The second-order valence-electron chi connectivity index (χ2n) is 3.64. The van der Waals surface area contributed by atoms with Gasteiger partial charge in [0.1, 0.15) is 0 Å². The average molecular weight is 382 g/mol. The van der Waals surface area contributed by atoms with Gasteiger partial charge in [-0.25, -0.2) is 0 Å². The Hall–Kier alpha value is -0.0200. The predicted octanol–water partition coefficient (Wildman–Crippen LogP) is 5.62. The molecule has 11 heteroatoms. The summed E-state index contributed by atoms with van der Waals surface area (Å²) in [5.41, 5.74) is -6.50. The molecule has 0 unspecified atom stereocenters. The number of alkyl halides is 6. The van der Waals surface area contributed by atoms with Gasteiger partial charge in [0, 0.05) is 18.1 Å². The molecule has 0 saturated heterocycles.